The van der Waals surface area contributed by atoms with Gasteiger partial charge in [0.2, 0.25) is 15.9 Å². The van der Waals surface area contributed by atoms with Crippen molar-refractivity contribution < 1.29 is 13.2 Å². The first-order chi connectivity index (χ1) is 12.9. The number of primary sulfonamides is 1. The molecule has 1 fully saturated rings. The van der Waals surface area contributed by atoms with E-state index in [-0.39, 0.29) is 17.3 Å². The van der Waals surface area contributed by atoms with E-state index in [9.17, 15) is 13.2 Å². The molecule has 2 aromatic carbocycles. The molecule has 1 aliphatic rings. The molecule has 144 valence electrons. The molecule has 0 aliphatic carbocycles. The predicted molar refractivity (Wildman–Crippen MR) is 105 cm³/mol. The van der Waals surface area contributed by atoms with Crippen LogP contribution in [0, 0.1) is 5.92 Å². The van der Waals surface area contributed by atoms with Gasteiger partial charge in [-0.05, 0) is 36.2 Å². The third-order valence-electron chi connectivity index (χ3n) is 4.86. The third kappa shape index (κ3) is 4.92. The molecule has 2 aromatic rings. The van der Waals surface area contributed by atoms with Crippen molar-refractivity contribution in [3.8, 4) is 0 Å². The van der Waals surface area contributed by atoms with Crippen LogP contribution in [0.3, 0.4) is 0 Å². The molecule has 27 heavy (non-hydrogen) atoms. The van der Waals surface area contributed by atoms with Crippen LogP contribution < -0.4 is 16.2 Å². The number of anilines is 1. The zero-order chi connectivity index (χ0) is 19.4. The molecule has 1 aliphatic heterocycles. The van der Waals surface area contributed by atoms with Crippen molar-refractivity contribution in [2.75, 3.05) is 31.5 Å². The van der Waals surface area contributed by atoms with E-state index in [1.165, 1.54) is 17.7 Å². The molecule has 1 saturated heterocycles. The van der Waals surface area contributed by atoms with Crippen LogP contribution in [-0.4, -0.2) is 45.4 Å². The number of amides is 1. The molecule has 1 heterocycles. The molecule has 0 saturated carbocycles. The maximum atomic E-state index is 12.4. The Hall–Kier alpha value is -2.26. The fourth-order valence-corrected chi connectivity index (χ4v) is 4.12. The predicted octanol–water partition coefficient (Wildman–Crippen LogP) is 0.947. The monoisotopic (exact) mass is 388 g/mol. The van der Waals surface area contributed by atoms with Gasteiger partial charge in [-0.25, -0.2) is 13.6 Å². The van der Waals surface area contributed by atoms with Crippen LogP contribution >= 0.6 is 0 Å². The molecule has 2 atom stereocenters. The minimum absolute atomic E-state index is 0.0335. The summed E-state index contributed by atoms with van der Waals surface area (Å²) in [6.07, 6.45) is 0. The van der Waals surface area contributed by atoms with E-state index in [1.807, 2.05) is 18.2 Å². The van der Waals surface area contributed by atoms with Crippen LogP contribution in [0.25, 0.3) is 0 Å². The Kier molecular flexibility index (Phi) is 5.91. The van der Waals surface area contributed by atoms with Crippen molar-refractivity contribution >= 4 is 21.6 Å². The van der Waals surface area contributed by atoms with Crippen molar-refractivity contribution in [1.82, 2.24) is 4.90 Å². The lowest BCUT2D eigenvalue weighted by Gasteiger charge is -2.16. The van der Waals surface area contributed by atoms with Gasteiger partial charge in [0.15, 0.2) is 0 Å². The SMILES string of the molecule is NC[C@@H]1CN(CC(=O)Nc2cccc(S(N)(=O)=O)c2)C[C@H]1c1ccccc1. The van der Waals surface area contributed by atoms with E-state index in [1.54, 1.807) is 12.1 Å². The van der Waals surface area contributed by atoms with E-state index >= 15 is 0 Å². The first-order valence-corrected chi connectivity index (χ1v) is 10.3. The molecule has 0 unspecified atom stereocenters. The van der Waals surface area contributed by atoms with E-state index < -0.39 is 10.0 Å². The van der Waals surface area contributed by atoms with Gasteiger partial charge in [-0.1, -0.05) is 36.4 Å². The average molecular weight is 388 g/mol. The van der Waals surface area contributed by atoms with Gasteiger partial charge in [0.1, 0.15) is 0 Å². The van der Waals surface area contributed by atoms with E-state index in [0.717, 1.165) is 13.1 Å². The highest BCUT2D eigenvalue weighted by Gasteiger charge is 2.33. The fraction of sp³-hybridized carbons (Fsp3) is 0.316. The summed E-state index contributed by atoms with van der Waals surface area (Å²) < 4.78 is 22.9. The second-order valence-corrected chi connectivity index (χ2v) is 8.39. The molecule has 0 bridgehead atoms. The molecule has 8 heteroatoms. The minimum Gasteiger partial charge on any atom is -0.330 e. The van der Waals surface area contributed by atoms with Crippen LogP contribution in [0.4, 0.5) is 5.69 Å². The van der Waals surface area contributed by atoms with Crippen LogP contribution in [0.1, 0.15) is 11.5 Å². The Balaban J connectivity index is 1.63. The number of nitrogens with zero attached hydrogens (tertiary/aromatic N) is 1. The normalized spacial score (nSPS) is 20.5. The molecule has 3 rings (SSSR count). The summed E-state index contributed by atoms with van der Waals surface area (Å²) >= 11 is 0. The molecule has 0 radical (unpaired) electrons. The molecule has 5 N–H and O–H groups in total. The maximum Gasteiger partial charge on any atom is 0.238 e. The summed E-state index contributed by atoms with van der Waals surface area (Å²) in [6, 6.07) is 16.1. The fourth-order valence-electron chi connectivity index (χ4n) is 3.56. The Morgan fingerprint density at radius 1 is 1.11 bits per heavy atom. The number of benzene rings is 2. The summed E-state index contributed by atoms with van der Waals surface area (Å²) in [5.41, 5.74) is 7.58. The summed E-state index contributed by atoms with van der Waals surface area (Å²) in [5.74, 6) is 0.395. The van der Waals surface area contributed by atoms with Gasteiger partial charge >= 0.3 is 0 Å². The van der Waals surface area contributed by atoms with Crippen molar-refractivity contribution in [1.29, 1.82) is 0 Å². The lowest BCUT2D eigenvalue weighted by molar-refractivity contribution is -0.117. The van der Waals surface area contributed by atoms with Crippen LogP contribution in [0.15, 0.2) is 59.5 Å². The molecular weight excluding hydrogens is 364 g/mol. The lowest BCUT2D eigenvalue weighted by atomic mass is 9.89. The van der Waals surface area contributed by atoms with Gasteiger partial charge in [-0.2, -0.15) is 0 Å². The summed E-state index contributed by atoms with van der Waals surface area (Å²) in [7, 11) is -3.81. The second-order valence-electron chi connectivity index (χ2n) is 6.83. The maximum absolute atomic E-state index is 12.4. The molecule has 1 amide bonds. The quantitative estimate of drug-likeness (QED) is 0.681. The molecule has 7 nitrogen and oxygen atoms in total. The van der Waals surface area contributed by atoms with Gasteiger partial charge in [0, 0.05) is 24.7 Å². The van der Waals surface area contributed by atoms with Crippen LogP contribution in [0.5, 0.6) is 0 Å². The first-order valence-electron chi connectivity index (χ1n) is 8.77. The Morgan fingerprint density at radius 3 is 2.52 bits per heavy atom. The summed E-state index contributed by atoms with van der Waals surface area (Å²) in [4.78, 5) is 14.4. The molecular formula is C19H24N4O3S. The van der Waals surface area contributed by atoms with Gasteiger partial charge in [0.25, 0.3) is 0 Å². The van der Waals surface area contributed by atoms with Crippen molar-refractivity contribution in [3.63, 3.8) is 0 Å². The van der Waals surface area contributed by atoms with Crippen molar-refractivity contribution in [2.45, 2.75) is 10.8 Å². The minimum atomic E-state index is -3.81. The molecule has 0 spiro atoms. The zero-order valence-electron chi connectivity index (χ0n) is 14.9. The highest BCUT2D eigenvalue weighted by molar-refractivity contribution is 7.89. The van der Waals surface area contributed by atoms with Crippen LogP contribution in [0.2, 0.25) is 0 Å². The van der Waals surface area contributed by atoms with Gasteiger partial charge in [-0.15, -0.1) is 0 Å². The highest BCUT2D eigenvalue weighted by Crippen LogP contribution is 2.31. The van der Waals surface area contributed by atoms with Crippen molar-refractivity contribution in [3.05, 3.63) is 60.2 Å². The number of sulfonamides is 1. The van der Waals surface area contributed by atoms with Gasteiger partial charge in [-0.3, -0.25) is 9.69 Å². The van der Waals surface area contributed by atoms with E-state index in [4.69, 9.17) is 10.9 Å². The second kappa shape index (κ2) is 8.18. The highest BCUT2D eigenvalue weighted by atomic mass is 32.2. The summed E-state index contributed by atoms with van der Waals surface area (Å²) in [5, 5.41) is 7.87. The Labute approximate surface area is 159 Å². The van der Waals surface area contributed by atoms with Crippen molar-refractivity contribution in [2.24, 2.45) is 16.8 Å². The Bertz CT molecular complexity index is 902. The topological polar surface area (TPSA) is 119 Å². The van der Waals surface area contributed by atoms with E-state index in [0.29, 0.717) is 24.1 Å². The zero-order valence-corrected chi connectivity index (χ0v) is 15.7. The number of hydrogen-bond acceptors (Lipinski definition) is 5. The van der Waals surface area contributed by atoms with Gasteiger partial charge < -0.3 is 11.1 Å². The van der Waals surface area contributed by atoms with E-state index in [2.05, 4.69) is 22.3 Å². The standard InChI is InChI=1S/C19H24N4O3S/c20-10-15-11-23(12-18(15)14-5-2-1-3-6-14)13-19(24)22-16-7-4-8-17(9-16)27(21,25)26/h1-9,15,18H,10-13,20H2,(H,22,24)(H2,21,25,26)/t15-,18+/m1/s1. The number of likely N-dealkylation sites (tertiary alicyclic amines) is 1. The number of nitrogens with one attached hydrogen (secondary N) is 1. The number of rotatable bonds is 6. The first kappa shape index (κ1) is 19.5. The third-order valence-corrected chi connectivity index (χ3v) is 5.77. The van der Waals surface area contributed by atoms with Crippen LogP contribution in [-0.2, 0) is 14.8 Å². The van der Waals surface area contributed by atoms with Gasteiger partial charge in [0.05, 0.1) is 11.4 Å². The number of carbonyl (C=O) groups excluding carboxylic acids is 1. The Morgan fingerprint density at radius 2 is 1.85 bits per heavy atom. The number of hydrogen-bond donors (Lipinski definition) is 3. The molecule has 0 aromatic heterocycles. The number of nitrogens with two attached hydrogens (primary N) is 2. The average Bonchev–Trinajstić information content (AvgIpc) is 3.04. The largest absolute Gasteiger partial charge is 0.330 e. The lowest BCUT2D eigenvalue weighted by Crippen LogP contribution is -2.32. The summed E-state index contributed by atoms with van der Waals surface area (Å²) in [6.45, 7) is 2.30. The number of carbonyl (C=O) groups is 1. The smallest absolute Gasteiger partial charge is 0.238 e.